The second kappa shape index (κ2) is 4.89. The SMILES string of the molecule is BrCC1CN=C(N2CCCC3CCCC32)S1. The Morgan fingerprint density at radius 1 is 1.31 bits per heavy atom. The van der Waals surface area contributed by atoms with Crippen LogP contribution >= 0.6 is 27.7 Å². The molecule has 4 heteroatoms. The molecule has 0 N–H and O–H groups in total. The highest BCUT2D eigenvalue weighted by atomic mass is 79.9. The van der Waals surface area contributed by atoms with E-state index in [4.69, 9.17) is 4.99 Å². The molecule has 0 amide bonds. The third kappa shape index (κ3) is 2.03. The molecule has 2 fully saturated rings. The molecular formula is C12H19BrN2S. The molecular weight excluding hydrogens is 284 g/mol. The number of alkyl halides is 1. The zero-order valence-corrected chi connectivity index (χ0v) is 12.0. The van der Waals surface area contributed by atoms with E-state index in [-0.39, 0.29) is 0 Å². The minimum atomic E-state index is 0.678. The van der Waals surface area contributed by atoms with Crippen molar-refractivity contribution in [2.45, 2.75) is 43.4 Å². The standard InChI is InChI=1S/C12H19BrN2S/c13-7-10-8-14-12(16-10)15-6-2-4-9-3-1-5-11(9)15/h9-11H,1-8H2. The fourth-order valence-corrected chi connectivity index (χ4v) is 4.96. The maximum Gasteiger partial charge on any atom is 0.159 e. The average Bonchev–Trinajstić information content (AvgIpc) is 2.97. The Morgan fingerprint density at radius 3 is 3.00 bits per heavy atom. The Hall–Kier alpha value is 0.300. The van der Waals surface area contributed by atoms with Gasteiger partial charge in [-0.2, -0.15) is 0 Å². The lowest BCUT2D eigenvalue weighted by Crippen LogP contribution is -2.44. The summed E-state index contributed by atoms with van der Waals surface area (Å²) >= 11 is 5.57. The summed E-state index contributed by atoms with van der Waals surface area (Å²) in [5, 5.41) is 3.10. The first-order valence-corrected chi connectivity index (χ1v) is 8.42. The molecule has 0 aromatic rings. The topological polar surface area (TPSA) is 15.6 Å². The largest absolute Gasteiger partial charge is 0.348 e. The third-order valence-corrected chi connectivity index (χ3v) is 6.55. The van der Waals surface area contributed by atoms with Gasteiger partial charge in [-0.25, -0.2) is 0 Å². The summed E-state index contributed by atoms with van der Waals surface area (Å²) in [6, 6.07) is 0.828. The lowest BCUT2D eigenvalue weighted by Gasteiger charge is -2.38. The molecule has 3 atom stereocenters. The lowest BCUT2D eigenvalue weighted by atomic mass is 9.92. The Bertz CT molecular complexity index is 295. The van der Waals surface area contributed by atoms with Crippen LogP contribution in [0.5, 0.6) is 0 Å². The van der Waals surface area contributed by atoms with Gasteiger partial charge in [0.15, 0.2) is 5.17 Å². The molecule has 2 nitrogen and oxygen atoms in total. The van der Waals surface area contributed by atoms with Crippen LogP contribution in [-0.4, -0.2) is 39.8 Å². The number of aliphatic imine (C=N–C) groups is 1. The third-order valence-electron chi connectivity index (χ3n) is 4.11. The first-order chi connectivity index (χ1) is 7.88. The molecule has 0 aromatic heterocycles. The molecule has 0 spiro atoms. The van der Waals surface area contributed by atoms with E-state index >= 15 is 0 Å². The molecule has 0 aromatic carbocycles. The first kappa shape index (κ1) is 11.4. The Labute approximate surface area is 110 Å². The van der Waals surface area contributed by atoms with Crippen LogP contribution in [0.2, 0.25) is 0 Å². The zero-order valence-electron chi connectivity index (χ0n) is 9.57. The molecule has 3 aliphatic rings. The quantitative estimate of drug-likeness (QED) is 0.692. The number of hydrogen-bond donors (Lipinski definition) is 0. The number of amidine groups is 1. The van der Waals surface area contributed by atoms with Crippen LogP contribution in [-0.2, 0) is 0 Å². The van der Waals surface area contributed by atoms with Crippen molar-refractivity contribution >= 4 is 32.9 Å². The highest BCUT2D eigenvalue weighted by molar-refractivity contribution is 9.09. The molecule has 2 heterocycles. The van der Waals surface area contributed by atoms with Crippen LogP contribution in [0.3, 0.4) is 0 Å². The van der Waals surface area contributed by atoms with Crippen molar-refractivity contribution in [3.05, 3.63) is 0 Å². The first-order valence-electron chi connectivity index (χ1n) is 6.42. The molecule has 2 aliphatic heterocycles. The Morgan fingerprint density at radius 2 is 2.19 bits per heavy atom. The van der Waals surface area contributed by atoms with Gasteiger partial charge in [0.2, 0.25) is 0 Å². The number of thioether (sulfide) groups is 1. The van der Waals surface area contributed by atoms with Crippen molar-refractivity contribution in [1.29, 1.82) is 0 Å². The summed E-state index contributed by atoms with van der Waals surface area (Å²) in [6.07, 6.45) is 7.14. The average molecular weight is 303 g/mol. The number of likely N-dealkylation sites (tertiary alicyclic amines) is 1. The number of nitrogens with zero attached hydrogens (tertiary/aromatic N) is 2. The van der Waals surface area contributed by atoms with Crippen molar-refractivity contribution in [2.24, 2.45) is 10.9 Å². The maximum atomic E-state index is 4.75. The Balaban J connectivity index is 1.69. The number of rotatable bonds is 1. The number of hydrogen-bond acceptors (Lipinski definition) is 3. The van der Waals surface area contributed by atoms with Crippen molar-refractivity contribution in [1.82, 2.24) is 4.90 Å². The van der Waals surface area contributed by atoms with Crippen LogP contribution in [0.4, 0.5) is 0 Å². The van der Waals surface area contributed by atoms with E-state index in [2.05, 4.69) is 20.8 Å². The van der Waals surface area contributed by atoms with Gasteiger partial charge in [-0.1, -0.05) is 34.1 Å². The second-order valence-electron chi connectivity index (χ2n) is 5.11. The van der Waals surface area contributed by atoms with E-state index in [0.29, 0.717) is 5.25 Å². The molecule has 1 saturated carbocycles. The minimum absolute atomic E-state index is 0.678. The molecule has 3 unspecified atom stereocenters. The van der Waals surface area contributed by atoms with Gasteiger partial charge in [-0.05, 0) is 31.6 Å². The van der Waals surface area contributed by atoms with Gasteiger partial charge < -0.3 is 4.90 Å². The van der Waals surface area contributed by atoms with Gasteiger partial charge in [0.25, 0.3) is 0 Å². The maximum absolute atomic E-state index is 4.75. The highest BCUT2D eigenvalue weighted by Gasteiger charge is 2.38. The Kier molecular flexibility index (Phi) is 3.48. The monoisotopic (exact) mass is 302 g/mol. The van der Waals surface area contributed by atoms with E-state index in [0.717, 1.165) is 23.8 Å². The van der Waals surface area contributed by atoms with Crippen molar-refractivity contribution in [3.8, 4) is 0 Å². The van der Waals surface area contributed by atoms with Crippen molar-refractivity contribution < 1.29 is 0 Å². The van der Waals surface area contributed by atoms with Gasteiger partial charge in [0.05, 0.1) is 6.54 Å². The van der Waals surface area contributed by atoms with E-state index < -0.39 is 0 Å². The normalized spacial score (nSPS) is 38.7. The van der Waals surface area contributed by atoms with Crippen LogP contribution in [0.15, 0.2) is 4.99 Å². The summed E-state index contributed by atoms with van der Waals surface area (Å²) in [4.78, 5) is 7.38. The van der Waals surface area contributed by atoms with Gasteiger partial charge in [-0.15, -0.1) is 0 Å². The van der Waals surface area contributed by atoms with Crippen molar-refractivity contribution in [3.63, 3.8) is 0 Å². The molecule has 1 aliphatic carbocycles. The number of piperidine rings is 1. The van der Waals surface area contributed by atoms with Gasteiger partial charge in [0.1, 0.15) is 0 Å². The number of halogens is 1. The predicted molar refractivity (Wildman–Crippen MR) is 74.5 cm³/mol. The molecule has 0 radical (unpaired) electrons. The molecule has 16 heavy (non-hydrogen) atoms. The summed E-state index contributed by atoms with van der Waals surface area (Å²) in [6.45, 7) is 2.27. The molecule has 0 bridgehead atoms. The van der Waals surface area contributed by atoms with Crippen molar-refractivity contribution in [2.75, 3.05) is 18.4 Å². The number of fused-ring (bicyclic) bond motifs is 1. The van der Waals surface area contributed by atoms with E-state index in [1.165, 1.54) is 43.8 Å². The fourth-order valence-electron chi connectivity index (χ4n) is 3.33. The highest BCUT2D eigenvalue weighted by Crippen LogP contribution is 2.39. The summed E-state index contributed by atoms with van der Waals surface area (Å²) in [5.74, 6) is 0.972. The lowest BCUT2D eigenvalue weighted by molar-refractivity contribution is 0.195. The molecule has 1 saturated heterocycles. The van der Waals surface area contributed by atoms with Gasteiger partial charge in [0, 0.05) is 23.2 Å². The van der Waals surface area contributed by atoms with Crippen LogP contribution in [0.1, 0.15) is 32.1 Å². The van der Waals surface area contributed by atoms with Gasteiger partial charge >= 0.3 is 0 Å². The summed E-state index contributed by atoms with van der Waals surface area (Å²) in [5.41, 5.74) is 0. The van der Waals surface area contributed by atoms with Crippen LogP contribution in [0.25, 0.3) is 0 Å². The second-order valence-corrected chi connectivity index (χ2v) is 7.03. The summed E-state index contributed by atoms with van der Waals surface area (Å²) < 4.78 is 0. The molecule has 3 rings (SSSR count). The van der Waals surface area contributed by atoms with E-state index in [9.17, 15) is 0 Å². The minimum Gasteiger partial charge on any atom is -0.348 e. The van der Waals surface area contributed by atoms with Crippen LogP contribution < -0.4 is 0 Å². The van der Waals surface area contributed by atoms with E-state index in [1.807, 2.05) is 11.8 Å². The zero-order chi connectivity index (χ0) is 11.0. The van der Waals surface area contributed by atoms with Crippen LogP contribution in [0, 0.1) is 5.92 Å². The predicted octanol–water partition coefficient (Wildman–Crippen LogP) is 3.12. The summed E-state index contributed by atoms with van der Waals surface area (Å²) in [7, 11) is 0. The van der Waals surface area contributed by atoms with Gasteiger partial charge in [-0.3, -0.25) is 4.99 Å². The smallest absolute Gasteiger partial charge is 0.159 e. The fraction of sp³-hybridized carbons (Fsp3) is 0.917. The van der Waals surface area contributed by atoms with E-state index in [1.54, 1.807) is 0 Å². The molecule has 90 valence electrons.